The quantitative estimate of drug-likeness (QED) is 0.513. The van der Waals surface area contributed by atoms with E-state index in [-0.39, 0.29) is 18.7 Å². The maximum Gasteiger partial charge on any atom is 0.277 e. The van der Waals surface area contributed by atoms with E-state index >= 15 is 0 Å². The highest BCUT2D eigenvalue weighted by Gasteiger charge is 2.39. The number of aryl methyl sites for hydroxylation is 1. The van der Waals surface area contributed by atoms with Gasteiger partial charge in [-0.1, -0.05) is 0 Å². The third kappa shape index (κ3) is 3.72. The number of nitrogens with zero attached hydrogens (tertiary/aromatic N) is 4. The molecule has 0 spiro atoms. The summed E-state index contributed by atoms with van der Waals surface area (Å²) in [6, 6.07) is 6.95. The van der Waals surface area contributed by atoms with Gasteiger partial charge in [0.2, 0.25) is 5.89 Å². The fraction of sp³-hybridized carbons (Fsp3) is 0.238. The number of nitrogens with one attached hydrogen (secondary N) is 2. The molecule has 4 heterocycles. The predicted molar refractivity (Wildman–Crippen MR) is 110 cm³/mol. The number of alkyl halides is 2. The van der Waals surface area contributed by atoms with Crippen LogP contribution >= 0.6 is 0 Å². The van der Waals surface area contributed by atoms with E-state index in [4.69, 9.17) is 4.42 Å². The van der Waals surface area contributed by atoms with Crippen molar-refractivity contribution in [3.05, 3.63) is 54.3 Å². The Labute approximate surface area is 175 Å². The molecule has 0 unspecified atom stereocenters. The largest absolute Gasteiger partial charge is 0.444 e. The number of anilines is 2. The number of carbonyl (C=O) groups excluding carboxylic acids is 1. The number of H-pyrrole nitrogens is 1. The first kappa shape index (κ1) is 19.2. The average Bonchev–Trinajstić information content (AvgIpc) is 3.46. The smallest absolute Gasteiger partial charge is 0.277 e. The van der Waals surface area contributed by atoms with Crippen LogP contribution in [0.15, 0.2) is 47.3 Å². The molecule has 4 aromatic rings. The van der Waals surface area contributed by atoms with Gasteiger partial charge in [-0.25, -0.2) is 13.8 Å². The molecular weight excluding hydrogens is 406 g/mol. The molecule has 8 nitrogen and oxygen atoms in total. The maximum absolute atomic E-state index is 13.8. The van der Waals surface area contributed by atoms with Crippen molar-refractivity contribution in [2.75, 3.05) is 23.3 Å². The van der Waals surface area contributed by atoms with Crippen molar-refractivity contribution in [3.8, 4) is 11.5 Å². The number of aromatic nitrogens is 4. The normalized spacial score (nSPS) is 15.5. The summed E-state index contributed by atoms with van der Waals surface area (Å²) < 4.78 is 33.1. The van der Waals surface area contributed by atoms with Crippen molar-refractivity contribution in [2.24, 2.45) is 0 Å². The minimum Gasteiger partial charge on any atom is -0.444 e. The molecule has 2 N–H and O–H groups in total. The molecule has 0 saturated carbocycles. The minimum absolute atomic E-state index is 0.0782. The van der Waals surface area contributed by atoms with Gasteiger partial charge in [0.25, 0.3) is 11.8 Å². The van der Waals surface area contributed by atoms with E-state index in [1.807, 2.05) is 6.92 Å². The van der Waals surface area contributed by atoms with Crippen LogP contribution in [-0.2, 0) is 0 Å². The monoisotopic (exact) mass is 424 g/mol. The minimum atomic E-state index is -2.77. The zero-order chi connectivity index (χ0) is 21.6. The predicted octanol–water partition coefficient (Wildman–Crippen LogP) is 4.02. The van der Waals surface area contributed by atoms with Crippen LogP contribution in [0.4, 0.5) is 20.2 Å². The highest BCUT2D eigenvalue weighted by Crippen LogP contribution is 2.37. The summed E-state index contributed by atoms with van der Waals surface area (Å²) in [6.45, 7) is 1.62. The van der Waals surface area contributed by atoms with E-state index in [0.29, 0.717) is 28.3 Å². The molecule has 1 saturated heterocycles. The summed E-state index contributed by atoms with van der Waals surface area (Å²) in [4.78, 5) is 22.8. The Hall–Kier alpha value is -3.82. The van der Waals surface area contributed by atoms with Gasteiger partial charge in [-0.15, -0.1) is 0 Å². The Morgan fingerprint density at radius 3 is 2.97 bits per heavy atom. The van der Waals surface area contributed by atoms with Gasteiger partial charge in [-0.05, 0) is 31.2 Å². The number of fused-ring (bicyclic) bond motifs is 1. The van der Waals surface area contributed by atoms with Crippen molar-refractivity contribution < 1.29 is 18.0 Å². The molecule has 0 atom stereocenters. The van der Waals surface area contributed by atoms with Gasteiger partial charge in [0, 0.05) is 35.8 Å². The first-order chi connectivity index (χ1) is 14.9. The van der Waals surface area contributed by atoms with Crippen LogP contribution in [0.2, 0.25) is 0 Å². The first-order valence-electron chi connectivity index (χ1n) is 9.68. The summed E-state index contributed by atoms with van der Waals surface area (Å²) >= 11 is 0. The number of halogens is 2. The fourth-order valence-electron chi connectivity index (χ4n) is 3.66. The van der Waals surface area contributed by atoms with Crippen LogP contribution in [0.3, 0.4) is 0 Å². The van der Waals surface area contributed by atoms with Gasteiger partial charge in [0.05, 0.1) is 29.6 Å². The lowest BCUT2D eigenvalue weighted by molar-refractivity contribution is 0.0257. The Morgan fingerprint density at radius 2 is 2.19 bits per heavy atom. The summed E-state index contributed by atoms with van der Waals surface area (Å²) in [5, 5.41) is 10.4. The Balaban J connectivity index is 1.45. The molecule has 1 aliphatic rings. The molecule has 5 rings (SSSR count). The van der Waals surface area contributed by atoms with Crippen molar-refractivity contribution >= 4 is 28.2 Å². The second-order valence-corrected chi connectivity index (χ2v) is 7.53. The first-order valence-corrected chi connectivity index (χ1v) is 9.68. The van der Waals surface area contributed by atoms with Crippen LogP contribution in [0, 0.1) is 6.92 Å². The average molecular weight is 424 g/mol. The number of pyridine rings is 1. The molecule has 3 aromatic heterocycles. The van der Waals surface area contributed by atoms with E-state index in [1.54, 1.807) is 41.6 Å². The summed E-state index contributed by atoms with van der Waals surface area (Å²) in [5.41, 5.74) is 3.17. The lowest BCUT2D eigenvalue weighted by Crippen LogP contribution is -2.26. The summed E-state index contributed by atoms with van der Waals surface area (Å²) in [5.74, 6) is -2.98. The number of hydrogen-bond acceptors (Lipinski definition) is 6. The molecule has 0 radical (unpaired) electrons. The zero-order valence-corrected chi connectivity index (χ0v) is 16.5. The van der Waals surface area contributed by atoms with Gasteiger partial charge in [0.1, 0.15) is 6.26 Å². The highest BCUT2D eigenvalue weighted by atomic mass is 19.3. The van der Waals surface area contributed by atoms with Gasteiger partial charge in [-0.2, -0.15) is 5.10 Å². The number of carbonyl (C=O) groups is 1. The van der Waals surface area contributed by atoms with Gasteiger partial charge < -0.3 is 14.6 Å². The van der Waals surface area contributed by atoms with Crippen LogP contribution in [0.5, 0.6) is 0 Å². The third-order valence-corrected chi connectivity index (χ3v) is 5.20. The van der Waals surface area contributed by atoms with E-state index in [2.05, 4.69) is 25.5 Å². The van der Waals surface area contributed by atoms with Crippen LogP contribution in [0.1, 0.15) is 22.6 Å². The lowest BCUT2D eigenvalue weighted by Gasteiger charge is -2.22. The van der Waals surface area contributed by atoms with Gasteiger partial charge in [-0.3, -0.25) is 14.9 Å². The summed E-state index contributed by atoms with van der Waals surface area (Å²) in [6.07, 6.45) is 4.26. The van der Waals surface area contributed by atoms with E-state index < -0.39 is 18.4 Å². The molecule has 0 aliphatic carbocycles. The molecule has 10 heteroatoms. The van der Waals surface area contributed by atoms with Crippen molar-refractivity contribution in [2.45, 2.75) is 19.3 Å². The molecule has 1 amide bonds. The summed E-state index contributed by atoms with van der Waals surface area (Å²) in [7, 11) is 0. The van der Waals surface area contributed by atoms with Gasteiger partial charge in [0.15, 0.2) is 5.69 Å². The Morgan fingerprint density at radius 1 is 1.32 bits per heavy atom. The molecule has 0 bridgehead atoms. The van der Waals surface area contributed by atoms with E-state index in [9.17, 15) is 13.6 Å². The zero-order valence-electron chi connectivity index (χ0n) is 16.5. The molecule has 1 fully saturated rings. The number of amides is 1. The van der Waals surface area contributed by atoms with Crippen molar-refractivity contribution in [1.29, 1.82) is 0 Å². The Bertz CT molecular complexity index is 1280. The lowest BCUT2D eigenvalue weighted by atomic mass is 10.2. The number of hydrogen-bond donors (Lipinski definition) is 2. The van der Waals surface area contributed by atoms with Gasteiger partial charge >= 0.3 is 0 Å². The standard InChI is InChI=1S/C21H18F2N6O2/c1-12-6-13(2-4-24-12)20-27-17(10-31-20)19(30)26-16-7-14-9-25-28-15(14)8-18(16)29-5-3-21(22,23)11-29/h2,4,6-10H,3,5,11H2,1H3,(H,25,28)(H,26,30). The maximum atomic E-state index is 13.8. The molecule has 31 heavy (non-hydrogen) atoms. The SMILES string of the molecule is Cc1cc(-c2nc(C(=O)Nc3cc4cn[nH]c4cc3N3CCC(F)(F)C3)co2)ccn1. The fourth-order valence-corrected chi connectivity index (χ4v) is 3.66. The van der Waals surface area contributed by atoms with E-state index in [0.717, 1.165) is 11.1 Å². The van der Waals surface area contributed by atoms with E-state index in [1.165, 1.54) is 6.26 Å². The molecule has 1 aromatic carbocycles. The Kier molecular flexibility index (Phi) is 4.42. The van der Waals surface area contributed by atoms with Crippen molar-refractivity contribution in [1.82, 2.24) is 20.2 Å². The number of aromatic amines is 1. The number of oxazole rings is 1. The second kappa shape index (κ2) is 7.15. The van der Waals surface area contributed by atoms with Crippen LogP contribution < -0.4 is 10.2 Å². The van der Waals surface area contributed by atoms with Crippen molar-refractivity contribution in [3.63, 3.8) is 0 Å². The highest BCUT2D eigenvalue weighted by molar-refractivity contribution is 6.06. The van der Waals surface area contributed by atoms with Crippen LogP contribution in [0.25, 0.3) is 22.4 Å². The number of rotatable bonds is 4. The topological polar surface area (TPSA) is 99.9 Å². The molecule has 158 valence electrons. The second-order valence-electron chi connectivity index (χ2n) is 7.53. The van der Waals surface area contributed by atoms with Crippen LogP contribution in [-0.4, -0.2) is 45.1 Å². The number of benzene rings is 1. The molecule has 1 aliphatic heterocycles. The molecular formula is C21H18F2N6O2. The third-order valence-electron chi connectivity index (χ3n) is 5.20.